The number of hydrogen-bond donors (Lipinski definition) is 1. The van der Waals surface area contributed by atoms with Crippen molar-refractivity contribution >= 4 is 32.5 Å². The number of nitrogens with one attached hydrogen (secondary N) is 1. The summed E-state index contributed by atoms with van der Waals surface area (Å²) < 4.78 is 40.6. The first-order valence-corrected chi connectivity index (χ1v) is 10.8. The molecule has 1 aliphatic rings. The molecule has 8 heteroatoms. The number of pyridine rings is 1. The Bertz CT molecular complexity index is 1150. The third kappa shape index (κ3) is 3.86. The number of rotatable bonds is 4. The summed E-state index contributed by atoms with van der Waals surface area (Å²) in [6.45, 7) is 0.338. The Morgan fingerprint density at radius 1 is 1.03 bits per heavy atom. The highest BCUT2D eigenvalue weighted by molar-refractivity contribution is 7.89. The molecule has 0 bridgehead atoms. The van der Waals surface area contributed by atoms with Gasteiger partial charge in [0.05, 0.1) is 11.2 Å². The molecule has 0 atom stereocenters. The number of amides is 1. The number of sulfonamides is 1. The predicted octanol–water partition coefficient (Wildman–Crippen LogP) is 3.41. The van der Waals surface area contributed by atoms with Gasteiger partial charge in [0.2, 0.25) is 15.9 Å². The minimum atomic E-state index is -3.91. The summed E-state index contributed by atoms with van der Waals surface area (Å²) in [5.74, 6) is -1.25. The third-order valence-electron chi connectivity index (χ3n) is 5.17. The summed E-state index contributed by atoms with van der Waals surface area (Å²) in [5, 5.41) is 3.85. The molecule has 0 unspecified atom stereocenters. The van der Waals surface area contributed by atoms with Gasteiger partial charge in [-0.25, -0.2) is 12.8 Å². The van der Waals surface area contributed by atoms with Crippen LogP contribution in [0, 0.1) is 11.7 Å². The van der Waals surface area contributed by atoms with E-state index in [4.69, 9.17) is 0 Å². The molecule has 150 valence electrons. The van der Waals surface area contributed by atoms with Crippen molar-refractivity contribution in [2.24, 2.45) is 5.92 Å². The first kappa shape index (κ1) is 19.5. The van der Waals surface area contributed by atoms with E-state index < -0.39 is 15.8 Å². The van der Waals surface area contributed by atoms with Crippen LogP contribution in [0.5, 0.6) is 0 Å². The molecule has 0 radical (unpaired) electrons. The van der Waals surface area contributed by atoms with E-state index >= 15 is 0 Å². The van der Waals surface area contributed by atoms with Gasteiger partial charge in [-0.05, 0) is 37.1 Å². The normalized spacial score (nSPS) is 16.0. The number of carbonyl (C=O) groups is 1. The molecule has 0 spiro atoms. The molecular formula is C21H20FN3O3S. The van der Waals surface area contributed by atoms with Gasteiger partial charge >= 0.3 is 0 Å². The van der Waals surface area contributed by atoms with Crippen molar-refractivity contribution in [2.75, 3.05) is 18.4 Å². The predicted molar refractivity (Wildman–Crippen MR) is 108 cm³/mol. The number of aromatic nitrogens is 1. The van der Waals surface area contributed by atoms with Crippen LogP contribution in [0.25, 0.3) is 10.9 Å². The van der Waals surface area contributed by atoms with Crippen LogP contribution < -0.4 is 5.32 Å². The lowest BCUT2D eigenvalue weighted by Gasteiger charge is -2.30. The van der Waals surface area contributed by atoms with Gasteiger partial charge in [0.25, 0.3) is 0 Å². The third-order valence-corrected chi connectivity index (χ3v) is 7.10. The minimum absolute atomic E-state index is 0.161. The van der Waals surface area contributed by atoms with Gasteiger partial charge in [-0.2, -0.15) is 4.31 Å². The molecule has 1 aromatic heterocycles. The fourth-order valence-electron chi connectivity index (χ4n) is 3.59. The van der Waals surface area contributed by atoms with Gasteiger partial charge < -0.3 is 5.32 Å². The van der Waals surface area contributed by atoms with Crippen molar-refractivity contribution < 1.29 is 17.6 Å². The zero-order valence-electron chi connectivity index (χ0n) is 15.6. The van der Waals surface area contributed by atoms with Crippen LogP contribution in [0.3, 0.4) is 0 Å². The number of benzene rings is 2. The number of fused-ring (bicyclic) bond motifs is 1. The molecule has 4 rings (SSSR count). The second kappa shape index (κ2) is 7.88. The van der Waals surface area contributed by atoms with E-state index in [9.17, 15) is 17.6 Å². The average molecular weight is 413 g/mol. The van der Waals surface area contributed by atoms with E-state index in [0.29, 0.717) is 24.0 Å². The van der Waals surface area contributed by atoms with Gasteiger partial charge in [-0.3, -0.25) is 9.78 Å². The van der Waals surface area contributed by atoms with Crippen molar-refractivity contribution in [1.29, 1.82) is 0 Å². The molecule has 1 aliphatic heterocycles. The minimum Gasteiger partial charge on any atom is -0.324 e. The Morgan fingerprint density at radius 3 is 2.52 bits per heavy atom. The van der Waals surface area contributed by atoms with E-state index in [1.54, 1.807) is 12.3 Å². The number of carbonyl (C=O) groups excluding carboxylic acids is 1. The van der Waals surface area contributed by atoms with Crippen molar-refractivity contribution in [3.63, 3.8) is 0 Å². The molecular weight excluding hydrogens is 393 g/mol. The molecule has 3 aromatic rings. The van der Waals surface area contributed by atoms with Gasteiger partial charge in [-0.15, -0.1) is 0 Å². The zero-order valence-corrected chi connectivity index (χ0v) is 16.4. The molecule has 0 saturated carbocycles. The van der Waals surface area contributed by atoms with Crippen LogP contribution in [-0.4, -0.2) is 36.7 Å². The quantitative estimate of drug-likeness (QED) is 0.711. The lowest BCUT2D eigenvalue weighted by atomic mass is 9.97. The highest BCUT2D eigenvalue weighted by atomic mass is 32.2. The van der Waals surface area contributed by atoms with Gasteiger partial charge in [0, 0.05) is 30.6 Å². The SMILES string of the molecule is O=C(Nc1cccc2cccnc12)C1CCN(S(=O)(=O)c2ccccc2F)CC1. The van der Waals surface area contributed by atoms with Crippen molar-refractivity contribution in [2.45, 2.75) is 17.7 Å². The second-order valence-electron chi connectivity index (χ2n) is 6.98. The topological polar surface area (TPSA) is 79.4 Å². The molecule has 1 N–H and O–H groups in total. The molecule has 1 amide bonds. The van der Waals surface area contributed by atoms with E-state index in [1.165, 1.54) is 22.5 Å². The van der Waals surface area contributed by atoms with Crippen molar-refractivity contribution in [3.05, 3.63) is 66.6 Å². The largest absolute Gasteiger partial charge is 0.324 e. The molecule has 0 aliphatic carbocycles. The molecule has 2 heterocycles. The number of piperidine rings is 1. The maximum Gasteiger partial charge on any atom is 0.245 e. The van der Waals surface area contributed by atoms with Crippen LogP contribution in [0.1, 0.15) is 12.8 Å². The summed E-state index contributed by atoms with van der Waals surface area (Å²) in [4.78, 5) is 16.7. The number of anilines is 1. The van der Waals surface area contributed by atoms with Gasteiger partial charge in [-0.1, -0.05) is 30.3 Å². The summed E-state index contributed by atoms with van der Waals surface area (Å²) in [6, 6.07) is 14.7. The smallest absolute Gasteiger partial charge is 0.245 e. The van der Waals surface area contributed by atoms with Crippen LogP contribution in [0.15, 0.2) is 65.7 Å². The van der Waals surface area contributed by atoms with Crippen molar-refractivity contribution in [1.82, 2.24) is 9.29 Å². The lowest BCUT2D eigenvalue weighted by molar-refractivity contribution is -0.120. The summed E-state index contributed by atoms with van der Waals surface area (Å²) in [6.07, 6.45) is 2.42. The van der Waals surface area contributed by atoms with Crippen LogP contribution in [-0.2, 0) is 14.8 Å². The molecule has 1 fully saturated rings. The first-order chi connectivity index (χ1) is 14.0. The second-order valence-corrected chi connectivity index (χ2v) is 8.89. The Hall–Kier alpha value is -2.84. The Balaban J connectivity index is 1.44. The Labute approximate surface area is 168 Å². The maximum absolute atomic E-state index is 13.9. The van der Waals surface area contributed by atoms with E-state index in [-0.39, 0.29) is 29.8 Å². The Morgan fingerprint density at radius 2 is 1.76 bits per heavy atom. The van der Waals surface area contributed by atoms with Crippen LogP contribution in [0.2, 0.25) is 0 Å². The summed E-state index contributed by atoms with van der Waals surface area (Å²) >= 11 is 0. The summed E-state index contributed by atoms with van der Waals surface area (Å²) in [5.41, 5.74) is 1.34. The molecule has 6 nitrogen and oxygen atoms in total. The summed E-state index contributed by atoms with van der Waals surface area (Å²) in [7, 11) is -3.91. The lowest BCUT2D eigenvalue weighted by Crippen LogP contribution is -2.41. The molecule has 2 aromatic carbocycles. The van der Waals surface area contributed by atoms with E-state index in [2.05, 4.69) is 10.3 Å². The van der Waals surface area contributed by atoms with E-state index in [0.717, 1.165) is 11.5 Å². The highest BCUT2D eigenvalue weighted by Crippen LogP contribution is 2.27. The molecule has 29 heavy (non-hydrogen) atoms. The molecule has 1 saturated heterocycles. The van der Waals surface area contributed by atoms with Crippen LogP contribution >= 0.6 is 0 Å². The van der Waals surface area contributed by atoms with Crippen molar-refractivity contribution in [3.8, 4) is 0 Å². The fourth-order valence-corrected chi connectivity index (χ4v) is 5.13. The van der Waals surface area contributed by atoms with E-state index in [1.807, 2.05) is 24.3 Å². The van der Waals surface area contributed by atoms with Gasteiger partial charge in [0.15, 0.2) is 0 Å². The number of hydrogen-bond acceptors (Lipinski definition) is 4. The Kier molecular flexibility index (Phi) is 5.29. The first-order valence-electron chi connectivity index (χ1n) is 9.36. The average Bonchev–Trinajstić information content (AvgIpc) is 2.74. The highest BCUT2D eigenvalue weighted by Gasteiger charge is 2.33. The van der Waals surface area contributed by atoms with Crippen LogP contribution in [0.4, 0.5) is 10.1 Å². The zero-order chi connectivity index (χ0) is 20.4. The number of halogens is 1. The fraction of sp³-hybridized carbons (Fsp3) is 0.238. The number of para-hydroxylation sites is 1. The van der Waals surface area contributed by atoms with Gasteiger partial charge in [0.1, 0.15) is 10.7 Å². The maximum atomic E-state index is 13.9. The standard InChI is InChI=1S/C21H20FN3O3S/c22-17-7-1-2-9-19(17)29(27,28)25-13-10-16(11-14-25)21(26)24-18-8-3-5-15-6-4-12-23-20(15)18/h1-9,12,16H,10-11,13-14H2,(H,24,26). The number of nitrogens with zero attached hydrogens (tertiary/aromatic N) is 2. The monoisotopic (exact) mass is 413 g/mol.